The Morgan fingerprint density at radius 3 is 2.66 bits per heavy atom. The van der Waals surface area contributed by atoms with Crippen LogP contribution in [0.25, 0.3) is 21.6 Å². The fraction of sp³-hybridized carbons (Fsp3) is 0.286. The van der Waals surface area contributed by atoms with Crippen LogP contribution < -0.4 is 10.7 Å². The van der Waals surface area contributed by atoms with Crippen molar-refractivity contribution in [2.24, 2.45) is 0 Å². The number of hydrogen-bond donors (Lipinski definition) is 1. The molecule has 4 rings (SSSR count). The topological polar surface area (TPSA) is 75.0 Å². The number of benzene rings is 2. The highest BCUT2D eigenvalue weighted by molar-refractivity contribution is 7.22. The third-order valence-corrected chi connectivity index (χ3v) is 5.94. The predicted octanol–water partition coefficient (Wildman–Crippen LogP) is 5.60. The van der Waals surface area contributed by atoms with Gasteiger partial charge in [-0.2, -0.15) is 13.2 Å². The van der Waals surface area contributed by atoms with Crippen molar-refractivity contribution in [2.45, 2.75) is 32.5 Å². The molecule has 0 spiro atoms. The van der Waals surface area contributed by atoms with Crippen molar-refractivity contribution in [3.8, 4) is 11.4 Å². The molecule has 0 aliphatic heterocycles. The lowest BCUT2D eigenvalue weighted by Gasteiger charge is -2.22. The van der Waals surface area contributed by atoms with Crippen LogP contribution >= 0.6 is 11.3 Å². The van der Waals surface area contributed by atoms with E-state index < -0.39 is 23.3 Å². The minimum absolute atomic E-state index is 0.00599. The monoisotopic (exact) mass is 466 g/mol. The lowest BCUT2D eigenvalue weighted by molar-refractivity contribution is -0.137. The highest BCUT2D eigenvalue weighted by Gasteiger charge is 2.31. The Morgan fingerprint density at radius 1 is 1.19 bits per heavy atom. The van der Waals surface area contributed by atoms with Crippen LogP contribution in [0.5, 0.6) is 0 Å². The molecule has 0 aliphatic carbocycles. The maximum absolute atomic E-state index is 14.6. The first-order valence-corrected chi connectivity index (χ1v) is 10.6. The summed E-state index contributed by atoms with van der Waals surface area (Å²) in [7, 11) is 0. The quantitative estimate of drug-likeness (QED) is 0.359. The molecule has 1 N–H and O–H groups in total. The Hall–Kier alpha value is -3.21. The number of rotatable bonds is 7. The van der Waals surface area contributed by atoms with Crippen molar-refractivity contribution < 1.29 is 22.1 Å². The van der Waals surface area contributed by atoms with E-state index in [2.05, 4.69) is 19.6 Å². The van der Waals surface area contributed by atoms with Gasteiger partial charge in [-0.15, -0.1) is 0 Å². The number of fused-ring (bicyclic) bond motifs is 1. The molecule has 0 amide bonds. The van der Waals surface area contributed by atoms with Crippen LogP contribution in [0, 0.1) is 5.82 Å². The number of thiazole rings is 1. The zero-order chi connectivity index (χ0) is 22.9. The first kappa shape index (κ1) is 22.0. The number of hydrogen-bond acceptors (Lipinski definition) is 6. The number of alkyl halides is 3. The Kier molecular flexibility index (Phi) is 6.00. The third-order valence-electron chi connectivity index (χ3n) is 4.86. The van der Waals surface area contributed by atoms with Crippen LogP contribution in [0.4, 0.5) is 22.7 Å². The Balaban J connectivity index is 1.63. The fourth-order valence-electron chi connectivity index (χ4n) is 3.23. The molecule has 11 heteroatoms. The second-order valence-electron chi connectivity index (χ2n) is 7.21. The number of aromatic amines is 1. The standard InChI is InChI=1S/C21H18F4N4O2S/c1-2-3-8-29(19-26-16-7-5-13(21(23,24)25)10-17(16)32-19)11-12-4-6-14(15(22)9-12)18-27-20(30)31-28-18/h4-7,9-10H,2-3,8,11H2,1H3,(H,27,28,30). The molecule has 168 valence electrons. The zero-order valence-corrected chi connectivity index (χ0v) is 17.7. The number of halogens is 4. The molecule has 0 saturated carbocycles. The van der Waals surface area contributed by atoms with Gasteiger partial charge in [-0.1, -0.05) is 35.9 Å². The van der Waals surface area contributed by atoms with E-state index in [1.165, 1.54) is 29.5 Å². The molecule has 0 aliphatic rings. The predicted molar refractivity (Wildman–Crippen MR) is 113 cm³/mol. The van der Waals surface area contributed by atoms with Gasteiger partial charge in [-0.25, -0.2) is 14.2 Å². The average Bonchev–Trinajstić information content (AvgIpc) is 3.36. The molecular formula is C21H18F4N4O2S. The maximum Gasteiger partial charge on any atom is 0.439 e. The molecule has 0 bridgehead atoms. The first-order chi connectivity index (χ1) is 15.2. The van der Waals surface area contributed by atoms with Gasteiger partial charge in [0.25, 0.3) is 0 Å². The van der Waals surface area contributed by atoms with Crippen molar-refractivity contribution in [3.05, 3.63) is 63.9 Å². The van der Waals surface area contributed by atoms with Crippen LogP contribution in [-0.2, 0) is 12.7 Å². The van der Waals surface area contributed by atoms with Gasteiger partial charge < -0.3 is 4.90 Å². The van der Waals surface area contributed by atoms with E-state index in [-0.39, 0.29) is 11.4 Å². The zero-order valence-electron chi connectivity index (χ0n) is 16.9. The van der Waals surface area contributed by atoms with Gasteiger partial charge in [0.05, 0.1) is 21.3 Å². The lowest BCUT2D eigenvalue weighted by atomic mass is 10.1. The van der Waals surface area contributed by atoms with Gasteiger partial charge in [0, 0.05) is 13.1 Å². The second kappa shape index (κ2) is 8.73. The summed E-state index contributed by atoms with van der Waals surface area (Å²) in [6.07, 6.45) is -2.68. The molecule has 32 heavy (non-hydrogen) atoms. The molecule has 4 aromatic rings. The number of nitrogens with one attached hydrogen (secondary N) is 1. The lowest BCUT2D eigenvalue weighted by Crippen LogP contribution is -2.23. The average molecular weight is 466 g/mol. The molecule has 2 heterocycles. The minimum atomic E-state index is -4.42. The van der Waals surface area contributed by atoms with Gasteiger partial charge >= 0.3 is 11.9 Å². The SMILES string of the molecule is CCCCN(Cc1ccc(-c2noc(=O)[nH]2)c(F)c1)c1nc2ccc(C(F)(F)F)cc2s1. The van der Waals surface area contributed by atoms with Crippen molar-refractivity contribution >= 4 is 26.7 Å². The van der Waals surface area contributed by atoms with E-state index >= 15 is 0 Å². The smallest absolute Gasteiger partial charge is 0.344 e. The molecule has 0 unspecified atom stereocenters. The van der Waals surface area contributed by atoms with Crippen molar-refractivity contribution in [1.29, 1.82) is 0 Å². The van der Waals surface area contributed by atoms with Crippen molar-refractivity contribution in [1.82, 2.24) is 15.1 Å². The van der Waals surface area contributed by atoms with Gasteiger partial charge in [0.1, 0.15) is 5.82 Å². The highest BCUT2D eigenvalue weighted by atomic mass is 32.1. The maximum atomic E-state index is 14.6. The molecule has 0 radical (unpaired) electrons. The summed E-state index contributed by atoms with van der Waals surface area (Å²) >= 11 is 1.17. The highest BCUT2D eigenvalue weighted by Crippen LogP contribution is 2.36. The third kappa shape index (κ3) is 4.67. The van der Waals surface area contributed by atoms with Crippen molar-refractivity contribution in [2.75, 3.05) is 11.4 Å². The van der Waals surface area contributed by atoms with Crippen LogP contribution in [0.15, 0.2) is 45.7 Å². The van der Waals surface area contributed by atoms with Gasteiger partial charge in [-0.05, 0) is 42.3 Å². The van der Waals surface area contributed by atoms with E-state index in [0.29, 0.717) is 34.0 Å². The number of anilines is 1. The summed E-state index contributed by atoms with van der Waals surface area (Å²) in [6, 6.07) is 8.00. The fourth-order valence-corrected chi connectivity index (χ4v) is 4.26. The van der Waals surface area contributed by atoms with Gasteiger partial charge in [0.2, 0.25) is 0 Å². The second-order valence-corrected chi connectivity index (χ2v) is 8.22. The number of aromatic nitrogens is 3. The summed E-state index contributed by atoms with van der Waals surface area (Å²) in [6.45, 7) is 2.96. The normalized spacial score (nSPS) is 11.9. The van der Waals surface area contributed by atoms with Gasteiger partial charge in [-0.3, -0.25) is 9.51 Å². The summed E-state index contributed by atoms with van der Waals surface area (Å²) in [5, 5.41) is 4.06. The van der Waals surface area contributed by atoms with Crippen LogP contribution in [0.3, 0.4) is 0 Å². The van der Waals surface area contributed by atoms with E-state index in [1.807, 2.05) is 11.8 Å². The number of unbranched alkanes of at least 4 members (excludes halogenated alkanes) is 1. The number of H-pyrrole nitrogens is 1. The molecule has 0 fully saturated rings. The Labute approximate surface area is 183 Å². The van der Waals surface area contributed by atoms with Crippen LogP contribution in [0.2, 0.25) is 0 Å². The largest absolute Gasteiger partial charge is 0.439 e. The summed E-state index contributed by atoms with van der Waals surface area (Å²) < 4.78 is 58.6. The van der Waals surface area contributed by atoms with E-state index in [4.69, 9.17) is 0 Å². The molecule has 0 atom stereocenters. The van der Waals surface area contributed by atoms with Crippen LogP contribution in [-0.4, -0.2) is 21.7 Å². The first-order valence-electron chi connectivity index (χ1n) is 9.82. The molecule has 2 aromatic heterocycles. The summed E-state index contributed by atoms with van der Waals surface area (Å²) in [4.78, 5) is 19.8. The molecular weight excluding hydrogens is 448 g/mol. The number of nitrogens with zero attached hydrogens (tertiary/aromatic N) is 3. The van der Waals surface area contributed by atoms with Crippen LogP contribution in [0.1, 0.15) is 30.9 Å². The molecule has 6 nitrogen and oxygen atoms in total. The molecule has 0 saturated heterocycles. The summed E-state index contributed by atoms with van der Waals surface area (Å²) in [5.74, 6) is -1.37. The van der Waals surface area contributed by atoms with Gasteiger partial charge in [0.15, 0.2) is 11.0 Å². The minimum Gasteiger partial charge on any atom is -0.344 e. The van der Waals surface area contributed by atoms with E-state index in [1.54, 1.807) is 6.07 Å². The summed E-state index contributed by atoms with van der Waals surface area (Å²) in [5.41, 5.74) is 0.502. The van der Waals surface area contributed by atoms with E-state index in [9.17, 15) is 22.4 Å². The van der Waals surface area contributed by atoms with Crippen molar-refractivity contribution in [3.63, 3.8) is 0 Å². The Bertz CT molecular complexity index is 1290. The van der Waals surface area contributed by atoms with E-state index in [0.717, 1.165) is 25.0 Å². The molecule has 2 aromatic carbocycles. The Morgan fingerprint density at radius 2 is 2.00 bits per heavy atom.